The summed E-state index contributed by atoms with van der Waals surface area (Å²) in [5, 5.41) is 0. The minimum atomic E-state index is -2.86. The van der Waals surface area contributed by atoms with E-state index in [0.717, 1.165) is 0 Å². The Kier molecular flexibility index (Phi) is 5.53. The maximum absolute atomic E-state index is 13.5. The fraction of sp³-hybridized carbons (Fsp3) is 0.222. The van der Waals surface area contributed by atoms with Crippen LogP contribution in [0.4, 0.5) is 13.2 Å². The van der Waals surface area contributed by atoms with Crippen molar-refractivity contribution in [2.75, 3.05) is 6.61 Å². The van der Waals surface area contributed by atoms with Crippen LogP contribution < -0.4 is 9.47 Å². The van der Waals surface area contributed by atoms with Crippen LogP contribution >= 0.6 is 0 Å². The molecule has 0 N–H and O–H groups in total. The molecule has 0 aliphatic heterocycles. The van der Waals surface area contributed by atoms with Gasteiger partial charge in [-0.05, 0) is 55.8 Å². The zero-order valence-electron chi connectivity index (χ0n) is 12.7. The van der Waals surface area contributed by atoms with Crippen molar-refractivity contribution in [1.82, 2.24) is 0 Å². The van der Waals surface area contributed by atoms with Crippen LogP contribution in [0.1, 0.15) is 23.6 Å². The van der Waals surface area contributed by atoms with Crippen LogP contribution in [0.3, 0.4) is 0 Å². The van der Waals surface area contributed by atoms with Gasteiger partial charge in [0, 0.05) is 11.1 Å². The lowest BCUT2D eigenvalue weighted by atomic mass is 10.1. The van der Waals surface area contributed by atoms with E-state index in [2.05, 4.69) is 16.6 Å². The molecule has 0 aliphatic rings. The predicted molar refractivity (Wildman–Crippen MR) is 81.4 cm³/mol. The molecule has 2 nitrogen and oxygen atoms in total. The third-order valence-corrected chi connectivity index (χ3v) is 2.97. The van der Waals surface area contributed by atoms with Crippen molar-refractivity contribution in [3.05, 3.63) is 58.9 Å². The largest absolute Gasteiger partial charge is 0.491 e. The highest BCUT2D eigenvalue weighted by molar-refractivity contribution is 5.48. The lowest BCUT2D eigenvalue weighted by Crippen LogP contribution is -2.03. The van der Waals surface area contributed by atoms with Gasteiger partial charge in [-0.15, -0.1) is 0 Å². The van der Waals surface area contributed by atoms with Gasteiger partial charge in [0.15, 0.2) is 11.6 Å². The van der Waals surface area contributed by atoms with E-state index < -0.39 is 12.4 Å². The molecule has 5 heteroatoms. The zero-order valence-corrected chi connectivity index (χ0v) is 12.7. The average Bonchev–Trinajstić information content (AvgIpc) is 2.50. The first kappa shape index (κ1) is 16.8. The SMILES string of the molecule is CCOc1cc(C#Cc2ccc(OC(F)F)c(C)c2)ccc1F. The molecule has 0 fully saturated rings. The number of benzene rings is 2. The standard InChI is InChI=1S/C18H15F3O2/c1-3-22-17-11-14(6-8-15(17)19)5-4-13-7-9-16(12(2)10-13)23-18(20)21/h6-11,18H,3H2,1-2H3. The van der Waals surface area contributed by atoms with Gasteiger partial charge in [-0.1, -0.05) is 11.8 Å². The van der Waals surface area contributed by atoms with Gasteiger partial charge >= 0.3 is 6.61 Å². The van der Waals surface area contributed by atoms with Crippen LogP contribution in [0.5, 0.6) is 11.5 Å². The summed E-state index contributed by atoms with van der Waals surface area (Å²) in [5.74, 6) is 5.61. The lowest BCUT2D eigenvalue weighted by molar-refractivity contribution is -0.0502. The summed E-state index contributed by atoms with van der Waals surface area (Å²) in [6, 6.07) is 9.04. The molecular formula is C18H15F3O2. The minimum Gasteiger partial charge on any atom is -0.491 e. The highest BCUT2D eigenvalue weighted by atomic mass is 19.3. The summed E-state index contributed by atoms with van der Waals surface area (Å²) in [5.41, 5.74) is 1.80. The number of alkyl halides is 2. The molecule has 0 heterocycles. The van der Waals surface area contributed by atoms with Gasteiger partial charge in [0.2, 0.25) is 0 Å². The molecule has 0 unspecified atom stereocenters. The topological polar surface area (TPSA) is 18.5 Å². The van der Waals surface area contributed by atoms with Gasteiger partial charge in [-0.3, -0.25) is 0 Å². The molecule has 0 aromatic heterocycles. The van der Waals surface area contributed by atoms with Crippen LogP contribution in [0.25, 0.3) is 0 Å². The van der Waals surface area contributed by atoms with E-state index in [1.807, 2.05) is 0 Å². The second-order valence-electron chi connectivity index (χ2n) is 4.69. The molecule has 23 heavy (non-hydrogen) atoms. The number of ether oxygens (including phenoxy) is 2. The number of halogens is 3. The summed E-state index contributed by atoms with van der Waals surface area (Å²) < 4.78 is 47.4. The van der Waals surface area contributed by atoms with Crippen molar-refractivity contribution in [2.45, 2.75) is 20.5 Å². The van der Waals surface area contributed by atoms with E-state index in [1.54, 1.807) is 32.0 Å². The summed E-state index contributed by atoms with van der Waals surface area (Å²) in [7, 11) is 0. The van der Waals surface area contributed by atoms with E-state index in [-0.39, 0.29) is 11.5 Å². The van der Waals surface area contributed by atoms with Crippen molar-refractivity contribution in [2.24, 2.45) is 0 Å². The van der Waals surface area contributed by atoms with Crippen LogP contribution in [0.15, 0.2) is 36.4 Å². The second-order valence-corrected chi connectivity index (χ2v) is 4.69. The van der Waals surface area contributed by atoms with Crippen LogP contribution in [0.2, 0.25) is 0 Å². The fourth-order valence-electron chi connectivity index (χ4n) is 1.95. The first-order chi connectivity index (χ1) is 11.0. The Hall–Kier alpha value is -2.61. The molecule has 0 bridgehead atoms. The Balaban J connectivity index is 2.22. The molecule has 0 saturated heterocycles. The Morgan fingerprint density at radius 3 is 2.26 bits per heavy atom. The Labute approximate surface area is 132 Å². The fourth-order valence-corrected chi connectivity index (χ4v) is 1.95. The van der Waals surface area contributed by atoms with Crippen LogP contribution in [-0.4, -0.2) is 13.2 Å². The van der Waals surface area contributed by atoms with Crippen molar-refractivity contribution in [1.29, 1.82) is 0 Å². The molecule has 0 saturated carbocycles. The second kappa shape index (κ2) is 7.59. The third-order valence-electron chi connectivity index (χ3n) is 2.97. The van der Waals surface area contributed by atoms with Crippen LogP contribution in [-0.2, 0) is 0 Å². The smallest absolute Gasteiger partial charge is 0.387 e. The number of rotatable bonds is 4. The maximum Gasteiger partial charge on any atom is 0.387 e. The third kappa shape index (κ3) is 4.68. The number of hydrogen-bond donors (Lipinski definition) is 0. The summed E-state index contributed by atoms with van der Waals surface area (Å²) >= 11 is 0. The molecular weight excluding hydrogens is 305 g/mol. The van der Waals surface area contributed by atoms with Gasteiger partial charge < -0.3 is 9.47 Å². The van der Waals surface area contributed by atoms with E-state index in [4.69, 9.17) is 4.74 Å². The van der Waals surface area contributed by atoms with Crippen molar-refractivity contribution in [3.8, 4) is 23.3 Å². The lowest BCUT2D eigenvalue weighted by Gasteiger charge is -2.07. The maximum atomic E-state index is 13.5. The zero-order chi connectivity index (χ0) is 16.8. The number of hydrogen-bond acceptors (Lipinski definition) is 2. The van der Waals surface area contributed by atoms with Gasteiger partial charge in [0.05, 0.1) is 6.61 Å². The first-order valence-corrected chi connectivity index (χ1v) is 6.99. The molecule has 2 aromatic carbocycles. The molecule has 0 radical (unpaired) electrons. The average molecular weight is 320 g/mol. The van der Waals surface area contributed by atoms with Gasteiger partial charge in [0.1, 0.15) is 5.75 Å². The molecule has 0 amide bonds. The van der Waals surface area contributed by atoms with Crippen molar-refractivity contribution < 1.29 is 22.6 Å². The monoisotopic (exact) mass is 320 g/mol. The Bertz CT molecular complexity index is 746. The van der Waals surface area contributed by atoms with E-state index >= 15 is 0 Å². The van der Waals surface area contributed by atoms with E-state index in [0.29, 0.717) is 23.3 Å². The normalized spacial score (nSPS) is 10.2. The highest BCUT2D eigenvalue weighted by Crippen LogP contribution is 2.21. The molecule has 0 atom stereocenters. The highest BCUT2D eigenvalue weighted by Gasteiger charge is 2.07. The van der Waals surface area contributed by atoms with Gasteiger partial charge in [-0.2, -0.15) is 8.78 Å². The Morgan fingerprint density at radius 2 is 1.65 bits per heavy atom. The van der Waals surface area contributed by atoms with Gasteiger partial charge in [-0.25, -0.2) is 4.39 Å². The van der Waals surface area contributed by atoms with E-state index in [1.165, 1.54) is 18.2 Å². The molecule has 2 aromatic rings. The van der Waals surface area contributed by atoms with Crippen molar-refractivity contribution in [3.63, 3.8) is 0 Å². The molecule has 0 aliphatic carbocycles. The molecule has 0 spiro atoms. The predicted octanol–water partition coefficient (Wildman–Crippen LogP) is 4.53. The molecule has 2 rings (SSSR count). The summed E-state index contributed by atoms with van der Waals surface area (Å²) in [6.07, 6.45) is 0. The molecule has 120 valence electrons. The quantitative estimate of drug-likeness (QED) is 0.770. The first-order valence-electron chi connectivity index (χ1n) is 6.99. The summed E-state index contributed by atoms with van der Waals surface area (Å²) in [4.78, 5) is 0. The van der Waals surface area contributed by atoms with Crippen molar-refractivity contribution >= 4 is 0 Å². The number of aryl methyl sites for hydroxylation is 1. The Morgan fingerprint density at radius 1 is 1.00 bits per heavy atom. The summed E-state index contributed by atoms with van der Waals surface area (Å²) in [6.45, 7) is 0.928. The van der Waals surface area contributed by atoms with Crippen LogP contribution in [0, 0.1) is 24.6 Å². The minimum absolute atomic E-state index is 0.117. The van der Waals surface area contributed by atoms with Gasteiger partial charge in [0.25, 0.3) is 0 Å². The van der Waals surface area contributed by atoms with E-state index in [9.17, 15) is 13.2 Å².